The van der Waals surface area contributed by atoms with E-state index in [1.165, 1.54) is 17.1 Å². The molecule has 124 valence electrons. The number of carbonyl (C=O) groups excluding carboxylic acids is 1. The van der Waals surface area contributed by atoms with Gasteiger partial charge in [-0.25, -0.2) is 9.40 Å². The van der Waals surface area contributed by atoms with Crippen LogP contribution in [0.25, 0.3) is 0 Å². The van der Waals surface area contributed by atoms with Crippen LogP contribution >= 0.6 is 0 Å². The van der Waals surface area contributed by atoms with Gasteiger partial charge in [0.2, 0.25) is 0 Å². The summed E-state index contributed by atoms with van der Waals surface area (Å²) in [5, 5.41) is 6.16. The Morgan fingerprint density at radius 3 is 2.32 bits per heavy atom. The lowest BCUT2D eigenvalue weighted by molar-refractivity contribution is -0.136. The average molecular weight is 332 g/mol. The number of hydrazone groups is 1. The fourth-order valence-corrected chi connectivity index (χ4v) is 3.26. The normalized spacial score (nSPS) is 21.9. The van der Waals surface area contributed by atoms with E-state index in [0.717, 1.165) is 16.8 Å². The van der Waals surface area contributed by atoms with Crippen LogP contribution in [0.1, 0.15) is 11.1 Å². The third kappa shape index (κ3) is 3.03. The first-order chi connectivity index (χ1) is 12.2. The molecule has 0 unspecified atom stereocenters. The second kappa shape index (κ2) is 6.48. The van der Waals surface area contributed by atoms with Crippen LogP contribution in [0.2, 0.25) is 0 Å². The van der Waals surface area contributed by atoms with Crippen molar-refractivity contribution in [1.29, 1.82) is 0 Å². The summed E-state index contributed by atoms with van der Waals surface area (Å²) in [5.74, 6) is -0.625. The van der Waals surface area contributed by atoms with Gasteiger partial charge in [-0.15, -0.1) is 0 Å². The molecule has 0 bridgehead atoms. The lowest BCUT2D eigenvalue weighted by Gasteiger charge is -2.34. The van der Waals surface area contributed by atoms with Crippen molar-refractivity contribution in [3.05, 3.63) is 95.8 Å². The van der Waals surface area contributed by atoms with Crippen LogP contribution in [0.4, 0.5) is 4.39 Å². The van der Waals surface area contributed by atoms with Crippen molar-refractivity contribution in [2.75, 3.05) is 0 Å². The molecule has 1 amide bonds. The van der Waals surface area contributed by atoms with Crippen molar-refractivity contribution < 1.29 is 9.18 Å². The number of nitrogens with zero attached hydrogens (tertiary/aromatic N) is 2. The number of fused-ring (bicyclic) bond motifs is 1. The Morgan fingerprint density at radius 1 is 0.920 bits per heavy atom. The summed E-state index contributed by atoms with van der Waals surface area (Å²) >= 11 is 0. The number of benzene rings is 2. The molecule has 0 aromatic heterocycles. The molecule has 2 aliphatic rings. The van der Waals surface area contributed by atoms with Crippen molar-refractivity contribution in [3.8, 4) is 0 Å². The highest BCUT2D eigenvalue weighted by Crippen LogP contribution is 2.31. The molecule has 1 aliphatic carbocycles. The number of halogens is 1. The fraction of sp³-hybridized carbons (Fsp3) is 0.143. The minimum Gasteiger partial charge on any atom is -0.272 e. The van der Waals surface area contributed by atoms with Gasteiger partial charge in [0.1, 0.15) is 5.82 Å². The molecule has 0 fully saturated rings. The van der Waals surface area contributed by atoms with Crippen LogP contribution in [0.5, 0.6) is 0 Å². The summed E-state index contributed by atoms with van der Waals surface area (Å²) in [4.78, 5) is 12.9. The lowest BCUT2D eigenvalue weighted by atomic mass is 9.80. The van der Waals surface area contributed by atoms with Gasteiger partial charge in [-0.05, 0) is 23.3 Å². The molecule has 25 heavy (non-hydrogen) atoms. The van der Waals surface area contributed by atoms with E-state index in [2.05, 4.69) is 5.10 Å². The van der Waals surface area contributed by atoms with E-state index in [9.17, 15) is 9.18 Å². The zero-order valence-electron chi connectivity index (χ0n) is 13.5. The van der Waals surface area contributed by atoms with Crippen molar-refractivity contribution in [2.24, 2.45) is 16.9 Å². The molecule has 1 heterocycles. The number of rotatable bonds is 3. The highest BCUT2D eigenvalue weighted by Gasteiger charge is 2.37. The van der Waals surface area contributed by atoms with Crippen LogP contribution in [-0.4, -0.2) is 16.6 Å². The Hall–Kier alpha value is -3.01. The number of amides is 1. The average Bonchev–Trinajstić information content (AvgIpc) is 2.66. The molecule has 0 saturated carbocycles. The van der Waals surface area contributed by atoms with E-state index in [0.29, 0.717) is 6.54 Å². The number of hydrogen-bond donors (Lipinski definition) is 0. The smallest absolute Gasteiger partial charge is 0.250 e. The van der Waals surface area contributed by atoms with Gasteiger partial charge in [-0.2, -0.15) is 5.10 Å². The van der Waals surface area contributed by atoms with Crippen molar-refractivity contribution in [1.82, 2.24) is 5.01 Å². The van der Waals surface area contributed by atoms with Gasteiger partial charge < -0.3 is 0 Å². The van der Waals surface area contributed by atoms with Gasteiger partial charge in [0.15, 0.2) is 0 Å². The second-order valence-corrected chi connectivity index (χ2v) is 6.19. The summed E-state index contributed by atoms with van der Waals surface area (Å²) in [6, 6.07) is 16.1. The Balaban J connectivity index is 1.72. The molecule has 0 N–H and O–H groups in total. The molecular formula is C21H17FN2O. The number of allylic oxidation sites excluding steroid dienone is 3. The summed E-state index contributed by atoms with van der Waals surface area (Å²) < 4.78 is 13.1. The van der Waals surface area contributed by atoms with Crippen molar-refractivity contribution >= 4 is 11.6 Å². The Kier molecular flexibility index (Phi) is 4.02. The van der Waals surface area contributed by atoms with Crippen LogP contribution in [0, 0.1) is 17.7 Å². The third-order valence-electron chi connectivity index (χ3n) is 4.53. The quantitative estimate of drug-likeness (QED) is 0.838. The molecule has 1 aliphatic heterocycles. The Bertz CT molecular complexity index is 869. The first kappa shape index (κ1) is 15.5. The maximum Gasteiger partial charge on any atom is 0.250 e. The molecule has 2 aromatic rings. The first-order valence-corrected chi connectivity index (χ1v) is 8.27. The molecule has 3 nitrogen and oxygen atoms in total. The van der Waals surface area contributed by atoms with Gasteiger partial charge in [0.05, 0.1) is 18.2 Å². The highest BCUT2D eigenvalue weighted by molar-refractivity contribution is 6.08. The predicted octanol–water partition coefficient (Wildman–Crippen LogP) is 3.93. The number of carbonyl (C=O) groups is 1. The SMILES string of the molecule is O=C1[C@@H]2C=CC=C[C@H]2C(c2ccccc2)=NN1Cc1ccc(F)cc1. The maximum absolute atomic E-state index is 13.1. The summed E-state index contributed by atoms with van der Waals surface area (Å²) in [6.07, 6.45) is 7.83. The van der Waals surface area contributed by atoms with E-state index < -0.39 is 0 Å². The summed E-state index contributed by atoms with van der Waals surface area (Å²) in [5.41, 5.74) is 2.74. The summed E-state index contributed by atoms with van der Waals surface area (Å²) in [6.45, 7) is 0.330. The second-order valence-electron chi connectivity index (χ2n) is 6.19. The van der Waals surface area contributed by atoms with E-state index in [1.807, 2.05) is 54.6 Å². The zero-order valence-corrected chi connectivity index (χ0v) is 13.5. The van der Waals surface area contributed by atoms with E-state index >= 15 is 0 Å². The lowest BCUT2D eigenvalue weighted by Crippen LogP contribution is -2.43. The highest BCUT2D eigenvalue weighted by atomic mass is 19.1. The van der Waals surface area contributed by atoms with Crippen LogP contribution in [0.3, 0.4) is 0 Å². The van der Waals surface area contributed by atoms with Crippen molar-refractivity contribution in [2.45, 2.75) is 6.54 Å². The topological polar surface area (TPSA) is 32.7 Å². The van der Waals surface area contributed by atoms with E-state index in [4.69, 9.17) is 0 Å². The first-order valence-electron chi connectivity index (χ1n) is 8.27. The third-order valence-corrected chi connectivity index (χ3v) is 4.53. The monoisotopic (exact) mass is 332 g/mol. The number of hydrogen-bond acceptors (Lipinski definition) is 2. The van der Waals surface area contributed by atoms with Gasteiger partial charge in [-0.1, -0.05) is 66.8 Å². The van der Waals surface area contributed by atoms with Gasteiger partial charge in [0, 0.05) is 5.92 Å². The molecule has 4 rings (SSSR count). The molecule has 4 heteroatoms. The van der Waals surface area contributed by atoms with Crippen LogP contribution in [-0.2, 0) is 11.3 Å². The van der Waals surface area contributed by atoms with Crippen LogP contribution < -0.4 is 0 Å². The maximum atomic E-state index is 13.1. The predicted molar refractivity (Wildman–Crippen MR) is 95.2 cm³/mol. The standard InChI is InChI=1S/C21H17FN2O/c22-17-12-10-15(11-13-17)14-24-21(25)19-9-5-4-8-18(19)20(23-24)16-6-2-1-3-7-16/h1-13,18-19H,14H2/t18-,19-/m1/s1. The van der Waals surface area contributed by atoms with Gasteiger partial charge in [0.25, 0.3) is 5.91 Å². The molecular weight excluding hydrogens is 315 g/mol. The summed E-state index contributed by atoms with van der Waals surface area (Å²) in [7, 11) is 0. The zero-order chi connectivity index (χ0) is 17.2. The molecule has 2 atom stereocenters. The molecule has 0 saturated heterocycles. The Morgan fingerprint density at radius 2 is 1.60 bits per heavy atom. The molecule has 0 radical (unpaired) electrons. The fourth-order valence-electron chi connectivity index (χ4n) is 3.26. The minimum absolute atomic E-state index is 0.0328. The van der Waals surface area contributed by atoms with Crippen molar-refractivity contribution in [3.63, 3.8) is 0 Å². The largest absolute Gasteiger partial charge is 0.272 e. The molecule has 0 spiro atoms. The van der Waals surface area contributed by atoms with E-state index in [1.54, 1.807) is 12.1 Å². The molecule has 2 aromatic carbocycles. The van der Waals surface area contributed by atoms with Gasteiger partial charge in [-0.3, -0.25) is 4.79 Å². The Labute approximate surface area is 145 Å². The van der Waals surface area contributed by atoms with Gasteiger partial charge >= 0.3 is 0 Å². The van der Waals surface area contributed by atoms with E-state index in [-0.39, 0.29) is 23.6 Å². The minimum atomic E-state index is -0.289. The van der Waals surface area contributed by atoms with Crippen LogP contribution in [0.15, 0.2) is 84.0 Å².